The lowest BCUT2D eigenvalue weighted by Gasteiger charge is -2.36. The van der Waals surface area contributed by atoms with Gasteiger partial charge in [0.2, 0.25) is 5.13 Å². The molecule has 1 amide bonds. The molecule has 0 radical (unpaired) electrons. The molecule has 0 aromatic carbocycles. The zero-order valence-electron chi connectivity index (χ0n) is 19.2. The maximum absolute atomic E-state index is 12.1. The molecule has 10 heteroatoms. The van der Waals surface area contributed by atoms with Crippen molar-refractivity contribution in [1.29, 1.82) is 0 Å². The smallest absolute Gasteiger partial charge is 0.407 e. The number of nitrogens with zero attached hydrogens (tertiary/aromatic N) is 5. The van der Waals surface area contributed by atoms with Gasteiger partial charge in [-0.3, -0.25) is 4.99 Å². The molecule has 1 aromatic rings. The molecule has 1 atom stereocenters. The van der Waals surface area contributed by atoms with Gasteiger partial charge in [-0.1, -0.05) is 20.3 Å². The number of hydrogen-bond donors (Lipinski definition) is 2. The average molecular weight is 440 g/mol. The molecule has 1 aromatic heterocycles. The average Bonchev–Trinajstić information content (AvgIpc) is 3.17. The SMILES string of the molecule is CCCC(CNC(=NC)N1CCN(c2nc(CC)ns2)CC1)NC(=O)OC(C)(C)C. The van der Waals surface area contributed by atoms with Crippen LogP contribution >= 0.6 is 11.5 Å². The predicted octanol–water partition coefficient (Wildman–Crippen LogP) is 2.49. The van der Waals surface area contributed by atoms with Crippen LogP contribution in [0.1, 0.15) is 53.3 Å². The Morgan fingerprint density at radius 1 is 1.27 bits per heavy atom. The van der Waals surface area contributed by atoms with E-state index in [1.54, 1.807) is 7.05 Å². The van der Waals surface area contributed by atoms with E-state index < -0.39 is 5.60 Å². The van der Waals surface area contributed by atoms with Crippen LogP contribution in [-0.4, -0.2) is 77.7 Å². The summed E-state index contributed by atoms with van der Waals surface area (Å²) in [7, 11) is 1.79. The van der Waals surface area contributed by atoms with Crippen molar-refractivity contribution in [3.63, 3.8) is 0 Å². The van der Waals surface area contributed by atoms with Gasteiger partial charge in [0.15, 0.2) is 5.96 Å². The number of carbonyl (C=O) groups excluding carboxylic acids is 1. The molecule has 0 aliphatic carbocycles. The largest absolute Gasteiger partial charge is 0.444 e. The van der Waals surface area contributed by atoms with E-state index >= 15 is 0 Å². The van der Waals surface area contributed by atoms with Gasteiger partial charge in [-0.25, -0.2) is 9.78 Å². The molecule has 2 N–H and O–H groups in total. The number of aliphatic imine (C=N–C) groups is 1. The summed E-state index contributed by atoms with van der Waals surface area (Å²) in [6, 6.07) is -0.0169. The second-order valence-corrected chi connectivity index (χ2v) is 9.11. The number of carbonyl (C=O) groups is 1. The van der Waals surface area contributed by atoms with Gasteiger partial charge in [-0.15, -0.1) is 0 Å². The molecule has 1 unspecified atom stereocenters. The van der Waals surface area contributed by atoms with Crippen LogP contribution in [0.25, 0.3) is 0 Å². The maximum atomic E-state index is 12.1. The summed E-state index contributed by atoms with van der Waals surface area (Å²) in [6.07, 6.45) is 2.33. The van der Waals surface area contributed by atoms with E-state index in [1.165, 1.54) is 11.5 Å². The van der Waals surface area contributed by atoms with Crippen molar-refractivity contribution in [2.75, 3.05) is 44.7 Å². The third-order valence-electron chi connectivity index (χ3n) is 4.70. The van der Waals surface area contributed by atoms with Gasteiger partial charge in [-0.05, 0) is 27.2 Å². The maximum Gasteiger partial charge on any atom is 0.407 e. The minimum atomic E-state index is -0.505. The molecular formula is C20H37N7O2S. The monoisotopic (exact) mass is 439 g/mol. The molecule has 1 saturated heterocycles. The molecule has 2 heterocycles. The Balaban J connectivity index is 1.84. The van der Waals surface area contributed by atoms with Crippen molar-refractivity contribution in [2.24, 2.45) is 4.99 Å². The zero-order chi connectivity index (χ0) is 22.1. The number of hydrogen-bond acceptors (Lipinski definition) is 7. The third-order valence-corrected chi connectivity index (χ3v) is 5.51. The molecule has 0 bridgehead atoms. The molecule has 30 heavy (non-hydrogen) atoms. The number of nitrogens with one attached hydrogen (secondary N) is 2. The number of ether oxygens (including phenoxy) is 1. The van der Waals surface area contributed by atoms with Crippen LogP contribution in [0.3, 0.4) is 0 Å². The summed E-state index contributed by atoms with van der Waals surface area (Å²) in [5, 5.41) is 7.39. The van der Waals surface area contributed by atoms with Crippen molar-refractivity contribution in [2.45, 2.75) is 65.5 Å². The predicted molar refractivity (Wildman–Crippen MR) is 123 cm³/mol. The van der Waals surface area contributed by atoms with Gasteiger partial charge in [0, 0.05) is 63.8 Å². The van der Waals surface area contributed by atoms with Crippen molar-refractivity contribution in [1.82, 2.24) is 24.9 Å². The quantitative estimate of drug-likeness (QED) is 0.498. The fourth-order valence-electron chi connectivity index (χ4n) is 3.22. The van der Waals surface area contributed by atoms with E-state index in [0.717, 1.165) is 62.4 Å². The minimum absolute atomic E-state index is 0.0169. The molecular weight excluding hydrogens is 402 g/mol. The Labute approximate surface area is 184 Å². The number of guanidine groups is 1. The van der Waals surface area contributed by atoms with Crippen molar-refractivity contribution >= 4 is 28.7 Å². The van der Waals surface area contributed by atoms with Crippen LogP contribution in [0.5, 0.6) is 0 Å². The number of aromatic nitrogens is 2. The lowest BCUT2D eigenvalue weighted by atomic mass is 10.1. The Kier molecular flexibility index (Phi) is 9.13. The summed E-state index contributed by atoms with van der Waals surface area (Å²) < 4.78 is 9.78. The van der Waals surface area contributed by atoms with E-state index in [-0.39, 0.29) is 12.1 Å². The first-order valence-electron chi connectivity index (χ1n) is 10.8. The zero-order valence-corrected chi connectivity index (χ0v) is 20.0. The molecule has 170 valence electrons. The highest BCUT2D eigenvalue weighted by Crippen LogP contribution is 2.19. The van der Waals surface area contributed by atoms with Crippen LogP contribution in [-0.2, 0) is 11.2 Å². The number of amides is 1. The van der Waals surface area contributed by atoms with Gasteiger partial charge < -0.3 is 25.2 Å². The first kappa shape index (κ1) is 24.2. The fraction of sp³-hybridized carbons (Fsp3) is 0.800. The van der Waals surface area contributed by atoms with E-state index in [9.17, 15) is 4.79 Å². The minimum Gasteiger partial charge on any atom is -0.444 e. The second kappa shape index (κ2) is 11.3. The normalized spacial score (nSPS) is 16.4. The lowest BCUT2D eigenvalue weighted by Crippen LogP contribution is -2.54. The molecule has 1 aliphatic rings. The highest BCUT2D eigenvalue weighted by Gasteiger charge is 2.23. The highest BCUT2D eigenvalue weighted by atomic mass is 32.1. The summed E-state index contributed by atoms with van der Waals surface area (Å²) in [6.45, 7) is 13.9. The molecule has 9 nitrogen and oxygen atoms in total. The first-order valence-corrected chi connectivity index (χ1v) is 11.6. The summed E-state index contributed by atoms with van der Waals surface area (Å²) in [4.78, 5) is 25.7. The van der Waals surface area contributed by atoms with Gasteiger partial charge in [0.25, 0.3) is 0 Å². The summed E-state index contributed by atoms with van der Waals surface area (Å²) in [5.74, 6) is 1.77. The Bertz CT molecular complexity index is 694. The number of alkyl carbamates (subject to hydrolysis) is 1. The molecule has 2 rings (SSSR count). The number of piperazine rings is 1. The highest BCUT2D eigenvalue weighted by molar-refractivity contribution is 7.09. The molecule has 0 saturated carbocycles. The van der Waals surface area contributed by atoms with Crippen LogP contribution in [0.2, 0.25) is 0 Å². The van der Waals surface area contributed by atoms with Gasteiger partial charge in [0.05, 0.1) is 0 Å². The summed E-state index contributed by atoms with van der Waals surface area (Å²) in [5.41, 5.74) is -0.505. The fourth-order valence-corrected chi connectivity index (χ4v) is 4.02. The lowest BCUT2D eigenvalue weighted by molar-refractivity contribution is 0.0502. The Morgan fingerprint density at radius 2 is 1.97 bits per heavy atom. The Hall–Kier alpha value is -2.10. The third kappa shape index (κ3) is 7.62. The van der Waals surface area contributed by atoms with Gasteiger partial charge in [-0.2, -0.15) is 4.37 Å². The number of aryl methyl sites for hydroxylation is 1. The van der Waals surface area contributed by atoms with Gasteiger partial charge >= 0.3 is 6.09 Å². The van der Waals surface area contributed by atoms with Crippen LogP contribution in [0.15, 0.2) is 4.99 Å². The van der Waals surface area contributed by atoms with Gasteiger partial charge in [0.1, 0.15) is 11.4 Å². The Morgan fingerprint density at radius 3 is 2.50 bits per heavy atom. The van der Waals surface area contributed by atoms with Crippen LogP contribution in [0, 0.1) is 0 Å². The van der Waals surface area contributed by atoms with Crippen molar-refractivity contribution in [3.05, 3.63) is 5.82 Å². The topological polar surface area (TPSA) is 95.0 Å². The number of anilines is 1. The van der Waals surface area contributed by atoms with E-state index in [4.69, 9.17) is 4.74 Å². The standard InChI is InChI=1S/C20H37N7O2S/c1-7-9-15(23-19(28)29-20(3,4)5)14-22-17(21-6)26-10-12-27(13-11-26)18-24-16(8-2)25-30-18/h15H,7-14H2,1-6H3,(H,21,22)(H,23,28). The van der Waals surface area contributed by atoms with E-state index in [2.05, 4.69) is 48.6 Å². The molecule has 0 spiro atoms. The molecule has 1 fully saturated rings. The summed E-state index contributed by atoms with van der Waals surface area (Å²) >= 11 is 1.47. The van der Waals surface area contributed by atoms with Crippen molar-refractivity contribution in [3.8, 4) is 0 Å². The van der Waals surface area contributed by atoms with Crippen molar-refractivity contribution < 1.29 is 9.53 Å². The van der Waals surface area contributed by atoms with Crippen LogP contribution in [0.4, 0.5) is 9.93 Å². The van der Waals surface area contributed by atoms with Crippen LogP contribution < -0.4 is 15.5 Å². The van der Waals surface area contributed by atoms with E-state index in [1.807, 2.05) is 20.8 Å². The second-order valence-electron chi connectivity index (χ2n) is 8.38. The number of rotatable bonds is 7. The molecule has 1 aliphatic heterocycles. The van der Waals surface area contributed by atoms with E-state index in [0.29, 0.717) is 6.54 Å². The first-order chi connectivity index (χ1) is 14.3.